The molecule has 2 amide bonds. The number of halogens is 1. The molecule has 0 spiro atoms. The zero-order chi connectivity index (χ0) is 21.8. The molecule has 1 aliphatic rings. The molecule has 2 heterocycles. The molecule has 8 nitrogen and oxygen atoms in total. The number of aromatic nitrogens is 3. The van der Waals surface area contributed by atoms with E-state index in [2.05, 4.69) is 20.3 Å². The van der Waals surface area contributed by atoms with Crippen molar-refractivity contribution in [2.24, 2.45) is 0 Å². The molecule has 0 radical (unpaired) electrons. The minimum atomic E-state index is -0.314. The van der Waals surface area contributed by atoms with Gasteiger partial charge in [0.2, 0.25) is 0 Å². The van der Waals surface area contributed by atoms with Crippen LogP contribution in [0, 0.1) is 12.7 Å². The number of carbonyl (C=O) groups excluding carboxylic acids is 1. The van der Waals surface area contributed by atoms with Crippen molar-refractivity contribution < 1.29 is 13.9 Å². The molecule has 3 aromatic rings. The van der Waals surface area contributed by atoms with E-state index >= 15 is 0 Å². The lowest BCUT2D eigenvalue weighted by Crippen LogP contribution is -2.51. The number of hydrogen-bond acceptors (Lipinski definition) is 5. The number of rotatable bonds is 5. The van der Waals surface area contributed by atoms with Crippen LogP contribution in [0.2, 0.25) is 0 Å². The van der Waals surface area contributed by atoms with Crippen molar-refractivity contribution in [1.29, 1.82) is 0 Å². The molecule has 4 rings (SSSR count). The van der Waals surface area contributed by atoms with E-state index < -0.39 is 0 Å². The quantitative estimate of drug-likeness (QED) is 0.682. The zero-order valence-electron chi connectivity index (χ0n) is 17.6. The van der Waals surface area contributed by atoms with Crippen LogP contribution in [0.25, 0.3) is 5.69 Å². The fourth-order valence-electron chi connectivity index (χ4n) is 3.61. The summed E-state index contributed by atoms with van der Waals surface area (Å²) in [6, 6.07) is 12.2. The molecule has 0 bridgehead atoms. The molecule has 0 saturated carbocycles. The number of methoxy groups -OCH3 is 1. The monoisotopic (exact) mass is 424 g/mol. The molecule has 9 heteroatoms. The third-order valence-electron chi connectivity index (χ3n) is 5.34. The van der Waals surface area contributed by atoms with E-state index in [4.69, 9.17) is 4.74 Å². The molecule has 0 atom stereocenters. The van der Waals surface area contributed by atoms with Gasteiger partial charge in [-0.3, -0.25) is 0 Å². The van der Waals surface area contributed by atoms with Crippen molar-refractivity contribution >= 4 is 11.7 Å². The summed E-state index contributed by atoms with van der Waals surface area (Å²) in [5, 5.41) is 7.15. The third kappa shape index (κ3) is 4.60. The van der Waals surface area contributed by atoms with Crippen LogP contribution in [0.5, 0.6) is 5.75 Å². The van der Waals surface area contributed by atoms with Gasteiger partial charge in [-0.15, -0.1) is 0 Å². The van der Waals surface area contributed by atoms with E-state index in [-0.39, 0.29) is 18.4 Å². The Morgan fingerprint density at radius 2 is 1.94 bits per heavy atom. The highest BCUT2D eigenvalue weighted by Gasteiger charge is 2.22. The molecular formula is C22H25FN6O2. The summed E-state index contributed by atoms with van der Waals surface area (Å²) >= 11 is 0. The molecule has 2 aromatic carbocycles. The molecule has 0 unspecified atom stereocenters. The van der Waals surface area contributed by atoms with Gasteiger partial charge >= 0.3 is 6.03 Å². The first-order chi connectivity index (χ1) is 15.0. The predicted molar refractivity (Wildman–Crippen MR) is 115 cm³/mol. The van der Waals surface area contributed by atoms with Gasteiger partial charge in [0, 0.05) is 50.0 Å². The van der Waals surface area contributed by atoms with Gasteiger partial charge in [0.15, 0.2) is 0 Å². The lowest BCUT2D eigenvalue weighted by Gasteiger charge is -2.36. The number of amides is 2. The molecule has 1 saturated heterocycles. The summed E-state index contributed by atoms with van der Waals surface area (Å²) in [5.74, 6) is 1.08. The fraction of sp³-hybridized carbons (Fsp3) is 0.318. The number of aryl methyl sites for hydroxylation is 1. The van der Waals surface area contributed by atoms with Crippen molar-refractivity contribution in [3.63, 3.8) is 0 Å². The molecule has 1 aromatic heterocycles. The first-order valence-electron chi connectivity index (χ1n) is 10.1. The number of ether oxygens (including phenoxy) is 1. The Morgan fingerprint density at radius 3 is 2.61 bits per heavy atom. The Kier molecular flexibility index (Phi) is 6.01. The topological polar surface area (TPSA) is 75.5 Å². The summed E-state index contributed by atoms with van der Waals surface area (Å²) in [6.07, 6.45) is 1.66. The highest BCUT2D eigenvalue weighted by molar-refractivity contribution is 5.74. The molecule has 1 N–H and O–H groups in total. The van der Waals surface area contributed by atoms with Crippen LogP contribution >= 0.6 is 0 Å². The number of benzene rings is 2. The number of nitrogens with zero attached hydrogens (tertiary/aromatic N) is 5. The van der Waals surface area contributed by atoms with Gasteiger partial charge in [-0.1, -0.05) is 18.2 Å². The molecule has 1 fully saturated rings. The standard InChI is InChI=1S/C22H25FN6O2/c1-16-25-15-29(26-16)20-8-7-18(13-21(20)31-2)27-9-11-28(12-10-27)22(30)24-14-17-5-3-4-6-19(17)23/h3-8,13,15H,9-12,14H2,1-2H3,(H,24,30). The molecular weight excluding hydrogens is 399 g/mol. The first-order valence-corrected chi connectivity index (χ1v) is 10.1. The van der Waals surface area contributed by atoms with Gasteiger partial charge in [0.1, 0.15) is 29.4 Å². The van der Waals surface area contributed by atoms with Gasteiger partial charge in [0.05, 0.1) is 7.11 Å². The van der Waals surface area contributed by atoms with E-state index in [1.54, 1.807) is 41.2 Å². The predicted octanol–water partition coefficient (Wildman–Crippen LogP) is 2.76. The lowest BCUT2D eigenvalue weighted by molar-refractivity contribution is 0.194. The highest BCUT2D eigenvalue weighted by Crippen LogP contribution is 2.28. The number of hydrogen-bond donors (Lipinski definition) is 1. The Labute approximate surface area is 180 Å². The van der Waals surface area contributed by atoms with Crippen LogP contribution in [0.3, 0.4) is 0 Å². The largest absolute Gasteiger partial charge is 0.494 e. The average molecular weight is 424 g/mol. The molecule has 162 valence electrons. The highest BCUT2D eigenvalue weighted by atomic mass is 19.1. The van der Waals surface area contributed by atoms with Gasteiger partial charge in [-0.05, 0) is 25.1 Å². The van der Waals surface area contributed by atoms with E-state index in [1.807, 2.05) is 25.1 Å². The van der Waals surface area contributed by atoms with Crippen LogP contribution in [0.1, 0.15) is 11.4 Å². The van der Waals surface area contributed by atoms with Gasteiger partial charge < -0.3 is 19.9 Å². The van der Waals surface area contributed by atoms with Crippen molar-refractivity contribution in [3.05, 3.63) is 66.0 Å². The van der Waals surface area contributed by atoms with Crippen molar-refractivity contribution in [2.75, 3.05) is 38.2 Å². The number of nitrogens with one attached hydrogen (secondary N) is 1. The van der Waals surface area contributed by atoms with Crippen LogP contribution < -0.4 is 15.0 Å². The SMILES string of the molecule is COc1cc(N2CCN(C(=O)NCc3ccccc3F)CC2)ccc1-n1cnc(C)n1. The first kappa shape index (κ1) is 20.6. The summed E-state index contributed by atoms with van der Waals surface area (Å²) in [6.45, 7) is 4.55. The number of urea groups is 1. The third-order valence-corrected chi connectivity index (χ3v) is 5.34. The van der Waals surface area contributed by atoms with Crippen LogP contribution in [0.15, 0.2) is 48.8 Å². The molecule has 1 aliphatic heterocycles. The Balaban J connectivity index is 1.36. The van der Waals surface area contributed by atoms with Crippen LogP contribution in [-0.2, 0) is 6.54 Å². The van der Waals surface area contributed by atoms with E-state index in [9.17, 15) is 9.18 Å². The molecule has 31 heavy (non-hydrogen) atoms. The smallest absolute Gasteiger partial charge is 0.317 e. The Hall–Kier alpha value is -3.62. The lowest BCUT2D eigenvalue weighted by atomic mass is 10.2. The van der Waals surface area contributed by atoms with Gasteiger partial charge in [0.25, 0.3) is 0 Å². The number of anilines is 1. The summed E-state index contributed by atoms with van der Waals surface area (Å²) < 4.78 is 21.0. The molecule has 0 aliphatic carbocycles. The second-order valence-electron chi connectivity index (χ2n) is 7.32. The van der Waals surface area contributed by atoms with E-state index in [0.29, 0.717) is 43.3 Å². The minimum absolute atomic E-state index is 0.173. The van der Waals surface area contributed by atoms with Crippen molar-refractivity contribution in [2.45, 2.75) is 13.5 Å². The Morgan fingerprint density at radius 1 is 1.16 bits per heavy atom. The zero-order valence-corrected chi connectivity index (χ0v) is 17.6. The van der Waals surface area contributed by atoms with E-state index in [1.165, 1.54) is 6.07 Å². The van der Waals surface area contributed by atoms with Crippen LogP contribution in [0.4, 0.5) is 14.9 Å². The van der Waals surface area contributed by atoms with Crippen molar-refractivity contribution in [1.82, 2.24) is 25.0 Å². The maximum atomic E-state index is 13.7. The van der Waals surface area contributed by atoms with Gasteiger partial charge in [-0.2, -0.15) is 5.10 Å². The number of carbonyl (C=O) groups is 1. The average Bonchev–Trinajstić information content (AvgIpc) is 3.24. The second-order valence-corrected chi connectivity index (χ2v) is 7.32. The maximum absolute atomic E-state index is 13.7. The fourth-order valence-corrected chi connectivity index (χ4v) is 3.61. The van der Waals surface area contributed by atoms with E-state index in [0.717, 1.165) is 11.4 Å². The second kappa shape index (κ2) is 9.03. The normalized spacial score (nSPS) is 13.9. The van der Waals surface area contributed by atoms with Gasteiger partial charge in [-0.25, -0.2) is 18.9 Å². The summed E-state index contributed by atoms with van der Waals surface area (Å²) in [5.41, 5.74) is 2.31. The number of piperazine rings is 1. The minimum Gasteiger partial charge on any atom is -0.494 e. The van der Waals surface area contributed by atoms with Crippen molar-refractivity contribution in [3.8, 4) is 11.4 Å². The summed E-state index contributed by atoms with van der Waals surface area (Å²) in [4.78, 5) is 20.6. The Bertz CT molecular complexity index is 1060. The van der Waals surface area contributed by atoms with Crippen LogP contribution in [-0.4, -0.2) is 59.0 Å². The summed E-state index contributed by atoms with van der Waals surface area (Å²) in [7, 11) is 1.63. The maximum Gasteiger partial charge on any atom is 0.317 e.